The lowest BCUT2D eigenvalue weighted by atomic mass is 10.4. The number of aryl methyl sites for hydroxylation is 1. The molecule has 24 heavy (non-hydrogen) atoms. The number of rotatable bonds is 8. The van der Waals surface area contributed by atoms with Crippen molar-refractivity contribution in [2.75, 3.05) is 26.7 Å². The highest BCUT2D eigenvalue weighted by atomic mass is 32.1. The SMILES string of the molecule is CN=C(NCCCNC(=O)c1cccs1)NCCc1ncc(C)s1. The van der Waals surface area contributed by atoms with Crippen LogP contribution in [0.1, 0.15) is 26.0 Å². The standard InChI is InChI=1S/C16H23N5OS2/c1-12-11-21-14(24-12)6-9-20-16(17-2)19-8-4-7-18-15(22)13-5-3-10-23-13/h3,5,10-11H,4,6-9H2,1-2H3,(H,18,22)(H2,17,19,20). The molecule has 0 fully saturated rings. The molecule has 0 bridgehead atoms. The van der Waals surface area contributed by atoms with Gasteiger partial charge in [-0.3, -0.25) is 9.79 Å². The molecule has 0 atom stereocenters. The van der Waals surface area contributed by atoms with Crippen molar-refractivity contribution in [2.45, 2.75) is 19.8 Å². The van der Waals surface area contributed by atoms with Gasteiger partial charge < -0.3 is 16.0 Å². The number of thiazole rings is 1. The van der Waals surface area contributed by atoms with Crippen LogP contribution in [0.15, 0.2) is 28.7 Å². The number of nitrogens with zero attached hydrogens (tertiary/aromatic N) is 2. The number of amides is 1. The van der Waals surface area contributed by atoms with Crippen molar-refractivity contribution in [3.63, 3.8) is 0 Å². The lowest BCUT2D eigenvalue weighted by Crippen LogP contribution is -2.39. The van der Waals surface area contributed by atoms with Crippen molar-refractivity contribution in [1.82, 2.24) is 20.9 Å². The molecule has 3 N–H and O–H groups in total. The Hall–Kier alpha value is -1.93. The minimum atomic E-state index is -0.00810. The van der Waals surface area contributed by atoms with Crippen molar-refractivity contribution in [2.24, 2.45) is 4.99 Å². The van der Waals surface area contributed by atoms with E-state index in [1.165, 1.54) is 16.2 Å². The van der Waals surface area contributed by atoms with Gasteiger partial charge in [-0.15, -0.1) is 22.7 Å². The van der Waals surface area contributed by atoms with Crippen LogP contribution >= 0.6 is 22.7 Å². The van der Waals surface area contributed by atoms with Gasteiger partial charge >= 0.3 is 0 Å². The van der Waals surface area contributed by atoms with E-state index < -0.39 is 0 Å². The topological polar surface area (TPSA) is 78.4 Å². The third-order valence-corrected chi connectivity index (χ3v) is 5.04. The summed E-state index contributed by atoms with van der Waals surface area (Å²) in [6.45, 7) is 4.24. The van der Waals surface area contributed by atoms with E-state index in [0.29, 0.717) is 6.54 Å². The molecular formula is C16H23N5OS2. The first kappa shape index (κ1) is 18.4. The highest BCUT2D eigenvalue weighted by molar-refractivity contribution is 7.12. The van der Waals surface area contributed by atoms with Crippen LogP contribution in [0.3, 0.4) is 0 Å². The van der Waals surface area contributed by atoms with E-state index in [2.05, 4.69) is 32.9 Å². The summed E-state index contributed by atoms with van der Waals surface area (Å²) in [5, 5.41) is 12.5. The largest absolute Gasteiger partial charge is 0.356 e. The third kappa shape index (κ3) is 6.29. The number of carbonyl (C=O) groups is 1. The number of thiophene rings is 1. The number of nitrogens with one attached hydrogen (secondary N) is 3. The number of hydrogen-bond acceptors (Lipinski definition) is 5. The zero-order valence-corrected chi connectivity index (χ0v) is 15.6. The summed E-state index contributed by atoms with van der Waals surface area (Å²) in [4.78, 5) is 22.3. The molecule has 0 saturated heterocycles. The van der Waals surface area contributed by atoms with Crippen LogP contribution < -0.4 is 16.0 Å². The molecule has 0 radical (unpaired) electrons. The molecule has 0 spiro atoms. The van der Waals surface area contributed by atoms with Gasteiger partial charge in [0.15, 0.2) is 5.96 Å². The van der Waals surface area contributed by atoms with Crippen LogP contribution in [-0.2, 0) is 6.42 Å². The second-order valence-electron chi connectivity index (χ2n) is 5.13. The van der Waals surface area contributed by atoms with Crippen molar-refractivity contribution >= 4 is 34.5 Å². The zero-order valence-electron chi connectivity index (χ0n) is 14.0. The lowest BCUT2D eigenvalue weighted by Gasteiger charge is -2.11. The normalized spacial score (nSPS) is 11.3. The number of aliphatic imine (C=N–C) groups is 1. The van der Waals surface area contributed by atoms with Crippen molar-refractivity contribution in [3.05, 3.63) is 38.5 Å². The quantitative estimate of drug-likeness (QED) is 0.380. The average Bonchev–Trinajstić information content (AvgIpc) is 3.24. The second kappa shape index (κ2) is 10.0. The molecule has 0 aromatic carbocycles. The second-order valence-corrected chi connectivity index (χ2v) is 7.39. The van der Waals surface area contributed by atoms with E-state index in [0.717, 1.165) is 41.8 Å². The Morgan fingerprint density at radius 1 is 1.25 bits per heavy atom. The van der Waals surface area contributed by atoms with Crippen LogP contribution in [0.5, 0.6) is 0 Å². The molecule has 2 aromatic heterocycles. The summed E-state index contributed by atoms with van der Waals surface area (Å²) in [6.07, 6.45) is 3.62. The van der Waals surface area contributed by atoms with Gasteiger partial charge in [-0.2, -0.15) is 0 Å². The molecule has 0 aliphatic carbocycles. The van der Waals surface area contributed by atoms with Gasteiger partial charge in [0.25, 0.3) is 5.91 Å². The van der Waals surface area contributed by atoms with E-state index in [1.807, 2.05) is 23.7 Å². The Bertz CT molecular complexity index is 651. The molecule has 0 aliphatic heterocycles. The molecule has 6 nitrogen and oxygen atoms in total. The minimum Gasteiger partial charge on any atom is -0.356 e. The zero-order chi connectivity index (χ0) is 17.2. The molecular weight excluding hydrogens is 342 g/mol. The van der Waals surface area contributed by atoms with Gasteiger partial charge in [0, 0.05) is 44.2 Å². The maximum atomic E-state index is 11.8. The first-order chi connectivity index (χ1) is 11.7. The van der Waals surface area contributed by atoms with Crippen molar-refractivity contribution in [3.8, 4) is 0 Å². The monoisotopic (exact) mass is 365 g/mol. The van der Waals surface area contributed by atoms with E-state index in [4.69, 9.17) is 0 Å². The van der Waals surface area contributed by atoms with Gasteiger partial charge in [-0.05, 0) is 24.8 Å². The fourth-order valence-electron chi connectivity index (χ4n) is 2.02. The first-order valence-corrected chi connectivity index (χ1v) is 9.56. The summed E-state index contributed by atoms with van der Waals surface area (Å²) in [5.41, 5.74) is 0. The summed E-state index contributed by atoms with van der Waals surface area (Å²) in [6, 6.07) is 3.71. The molecule has 1 amide bonds. The molecule has 2 heterocycles. The van der Waals surface area contributed by atoms with Crippen LogP contribution in [0.4, 0.5) is 0 Å². The van der Waals surface area contributed by atoms with Gasteiger partial charge in [0.2, 0.25) is 0 Å². The summed E-state index contributed by atoms with van der Waals surface area (Å²) < 4.78 is 0. The lowest BCUT2D eigenvalue weighted by molar-refractivity contribution is 0.0957. The van der Waals surface area contributed by atoms with Crippen LogP contribution in [-0.4, -0.2) is 43.5 Å². The molecule has 8 heteroatoms. The Kier molecular flexibility index (Phi) is 7.70. The fraction of sp³-hybridized carbons (Fsp3) is 0.438. The van der Waals surface area contributed by atoms with E-state index in [-0.39, 0.29) is 5.91 Å². The maximum absolute atomic E-state index is 11.8. The number of hydrogen-bond donors (Lipinski definition) is 3. The molecule has 2 rings (SSSR count). The minimum absolute atomic E-state index is 0.00810. The highest BCUT2D eigenvalue weighted by Crippen LogP contribution is 2.10. The summed E-state index contributed by atoms with van der Waals surface area (Å²) in [7, 11) is 1.75. The predicted octanol–water partition coefficient (Wildman–Crippen LogP) is 2.04. The maximum Gasteiger partial charge on any atom is 0.261 e. The number of aromatic nitrogens is 1. The van der Waals surface area contributed by atoms with E-state index >= 15 is 0 Å². The van der Waals surface area contributed by atoms with E-state index in [9.17, 15) is 4.79 Å². The summed E-state index contributed by atoms with van der Waals surface area (Å²) in [5.74, 6) is 0.763. The average molecular weight is 366 g/mol. The highest BCUT2D eigenvalue weighted by Gasteiger charge is 2.05. The van der Waals surface area contributed by atoms with Crippen LogP contribution in [0.25, 0.3) is 0 Å². The van der Waals surface area contributed by atoms with Crippen molar-refractivity contribution < 1.29 is 4.79 Å². The van der Waals surface area contributed by atoms with Crippen LogP contribution in [0, 0.1) is 6.92 Å². The number of carbonyl (C=O) groups excluding carboxylic acids is 1. The molecule has 0 unspecified atom stereocenters. The molecule has 0 saturated carbocycles. The first-order valence-electron chi connectivity index (χ1n) is 7.86. The molecule has 130 valence electrons. The van der Waals surface area contributed by atoms with E-state index in [1.54, 1.807) is 18.4 Å². The number of guanidine groups is 1. The Morgan fingerprint density at radius 2 is 2.04 bits per heavy atom. The smallest absolute Gasteiger partial charge is 0.261 e. The van der Waals surface area contributed by atoms with Gasteiger partial charge in [-0.1, -0.05) is 6.07 Å². The van der Waals surface area contributed by atoms with Gasteiger partial charge in [0.05, 0.1) is 9.88 Å². The Labute approximate surface area is 150 Å². The van der Waals surface area contributed by atoms with Crippen molar-refractivity contribution in [1.29, 1.82) is 0 Å². The van der Waals surface area contributed by atoms with Crippen LogP contribution in [0.2, 0.25) is 0 Å². The predicted molar refractivity (Wildman–Crippen MR) is 101 cm³/mol. The van der Waals surface area contributed by atoms with Gasteiger partial charge in [-0.25, -0.2) is 4.98 Å². The molecule has 0 aliphatic rings. The Morgan fingerprint density at radius 3 is 2.71 bits per heavy atom. The Balaban J connectivity index is 1.55. The third-order valence-electron chi connectivity index (χ3n) is 3.20. The van der Waals surface area contributed by atoms with Gasteiger partial charge in [0.1, 0.15) is 0 Å². The summed E-state index contributed by atoms with van der Waals surface area (Å²) >= 11 is 3.17. The molecule has 2 aromatic rings. The fourth-order valence-corrected chi connectivity index (χ4v) is 3.44.